The van der Waals surface area contributed by atoms with E-state index < -0.39 is 0 Å². The number of halogens is 1. The van der Waals surface area contributed by atoms with E-state index in [9.17, 15) is 9.18 Å². The third kappa shape index (κ3) is 2.89. The summed E-state index contributed by atoms with van der Waals surface area (Å²) in [6.45, 7) is 0. The maximum atomic E-state index is 13.6. The second-order valence-electron chi connectivity index (χ2n) is 5.86. The fraction of sp³-hybridized carbons (Fsp3) is 0.158. The highest BCUT2D eigenvalue weighted by molar-refractivity contribution is 7.07. The van der Waals surface area contributed by atoms with E-state index in [0.717, 1.165) is 33.1 Å². The van der Waals surface area contributed by atoms with Gasteiger partial charge in [0, 0.05) is 17.9 Å². The van der Waals surface area contributed by atoms with Crippen LogP contribution in [0, 0.1) is 5.82 Å². The third-order valence-corrected chi connectivity index (χ3v) is 5.26. The molecule has 25 heavy (non-hydrogen) atoms. The van der Waals surface area contributed by atoms with Crippen LogP contribution in [0.25, 0.3) is 11.3 Å². The molecule has 2 aromatic carbocycles. The van der Waals surface area contributed by atoms with Crippen LogP contribution in [0.5, 0.6) is 5.75 Å². The molecule has 1 amide bonds. The molecule has 126 valence electrons. The lowest BCUT2D eigenvalue weighted by atomic mass is 9.89. The molecule has 1 atom stereocenters. The number of hydrogen-bond donors (Lipinski definition) is 1. The van der Waals surface area contributed by atoms with Gasteiger partial charge in [0.15, 0.2) is 0 Å². The molecule has 4 nitrogen and oxygen atoms in total. The Labute approximate surface area is 148 Å². The van der Waals surface area contributed by atoms with Crippen LogP contribution in [-0.2, 0) is 4.79 Å². The predicted molar refractivity (Wildman–Crippen MR) is 95.6 cm³/mol. The van der Waals surface area contributed by atoms with Gasteiger partial charge in [0.1, 0.15) is 17.3 Å². The lowest BCUT2D eigenvalue weighted by Gasteiger charge is -2.23. The Hall–Kier alpha value is -2.73. The summed E-state index contributed by atoms with van der Waals surface area (Å²) in [5.74, 6) is 0.195. The molecule has 4 rings (SSSR count). The van der Waals surface area contributed by atoms with Crippen molar-refractivity contribution in [2.75, 3.05) is 12.4 Å². The Morgan fingerprint density at radius 3 is 2.76 bits per heavy atom. The molecule has 0 spiro atoms. The Morgan fingerprint density at radius 2 is 2.04 bits per heavy atom. The molecule has 0 aliphatic carbocycles. The number of anilines is 1. The van der Waals surface area contributed by atoms with Crippen molar-refractivity contribution >= 4 is 23.1 Å². The van der Waals surface area contributed by atoms with Gasteiger partial charge in [0.25, 0.3) is 0 Å². The summed E-state index contributed by atoms with van der Waals surface area (Å²) in [6, 6.07) is 13.9. The van der Waals surface area contributed by atoms with Crippen molar-refractivity contribution in [2.45, 2.75) is 12.3 Å². The average molecular weight is 354 g/mol. The largest absolute Gasteiger partial charge is 0.497 e. The van der Waals surface area contributed by atoms with Gasteiger partial charge in [-0.05, 0) is 53.5 Å². The highest BCUT2D eigenvalue weighted by Gasteiger charge is 2.31. The molecule has 1 N–H and O–H groups in total. The van der Waals surface area contributed by atoms with E-state index in [4.69, 9.17) is 4.74 Å². The zero-order chi connectivity index (χ0) is 17.4. The summed E-state index contributed by atoms with van der Waals surface area (Å²) in [4.78, 5) is 13.2. The second kappa shape index (κ2) is 6.29. The lowest BCUT2D eigenvalue weighted by Crippen LogP contribution is -2.22. The van der Waals surface area contributed by atoms with Gasteiger partial charge >= 0.3 is 0 Å². The van der Waals surface area contributed by atoms with E-state index in [2.05, 4.69) is 9.69 Å². The first-order valence-electron chi connectivity index (χ1n) is 7.85. The van der Waals surface area contributed by atoms with Gasteiger partial charge in [-0.1, -0.05) is 12.1 Å². The molecule has 1 aliphatic rings. The standard InChI is InChI=1S/C19H15FN2O2S/c1-24-14-7-5-11(6-8-14)17-18-19(25-22-17)15(10-16(23)21-18)12-3-2-4-13(20)9-12/h2-9,15H,10H2,1H3,(H,21,23)/t15-/m1/s1. The fourth-order valence-electron chi connectivity index (χ4n) is 3.07. The predicted octanol–water partition coefficient (Wildman–Crippen LogP) is 4.43. The fourth-order valence-corrected chi connectivity index (χ4v) is 4.04. The van der Waals surface area contributed by atoms with Gasteiger partial charge in [-0.3, -0.25) is 4.79 Å². The lowest BCUT2D eigenvalue weighted by molar-refractivity contribution is -0.116. The highest BCUT2D eigenvalue weighted by Crippen LogP contribution is 2.44. The van der Waals surface area contributed by atoms with Gasteiger partial charge in [0.2, 0.25) is 5.91 Å². The quantitative estimate of drug-likeness (QED) is 0.757. The van der Waals surface area contributed by atoms with Gasteiger partial charge in [-0.2, -0.15) is 4.37 Å². The SMILES string of the molecule is COc1ccc(-c2nsc3c2NC(=O)C[C@@H]3c2cccc(F)c2)cc1. The number of ether oxygens (including phenoxy) is 1. The smallest absolute Gasteiger partial charge is 0.225 e. The first-order valence-corrected chi connectivity index (χ1v) is 8.62. The number of methoxy groups -OCH3 is 1. The van der Waals surface area contributed by atoms with Crippen molar-refractivity contribution in [2.24, 2.45) is 0 Å². The van der Waals surface area contributed by atoms with E-state index >= 15 is 0 Å². The zero-order valence-electron chi connectivity index (χ0n) is 13.5. The van der Waals surface area contributed by atoms with Gasteiger partial charge in [0.05, 0.1) is 17.7 Å². The number of benzene rings is 2. The van der Waals surface area contributed by atoms with Crippen molar-refractivity contribution in [3.63, 3.8) is 0 Å². The number of aromatic nitrogens is 1. The van der Waals surface area contributed by atoms with Crippen molar-refractivity contribution in [3.8, 4) is 17.0 Å². The van der Waals surface area contributed by atoms with Crippen LogP contribution in [0.1, 0.15) is 22.8 Å². The van der Waals surface area contributed by atoms with Crippen molar-refractivity contribution in [1.82, 2.24) is 4.37 Å². The molecule has 6 heteroatoms. The molecule has 1 aliphatic heterocycles. The van der Waals surface area contributed by atoms with Gasteiger partial charge in [-0.15, -0.1) is 0 Å². The monoisotopic (exact) mass is 354 g/mol. The molecule has 0 unspecified atom stereocenters. The average Bonchev–Trinajstić information content (AvgIpc) is 3.04. The molecule has 0 fully saturated rings. The Bertz CT molecular complexity index is 937. The van der Waals surface area contributed by atoms with Crippen LogP contribution in [0.15, 0.2) is 48.5 Å². The van der Waals surface area contributed by atoms with Crippen LogP contribution in [0.3, 0.4) is 0 Å². The van der Waals surface area contributed by atoms with E-state index in [-0.39, 0.29) is 17.6 Å². The second-order valence-corrected chi connectivity index (χ2v) is 6.66. The van der Waals surface area contributed by atoms with E-state index in [1.54, 1.807) is 13.2 Å². The highest BCUT2D eigenvalue weighted by atomic mass is 32.1. The van der Waals surface area contributed by atoms with Crippen LogP contribution in [-0.4, -0.2) is 17.4 Å². The van der Waals surface area contributed by atoms with E-state index in [1.165, 1.54) is 23.7 Å². The number of amides is 1. The Morgan fingerprint density at radius 1 is 1.24 bits per heavy atom. The Kier molecular flexibility index (Phi) is 3.97. The topological polar surface area (TPSA) is 51.2 Å². The summed E-state index contributed by atoms with van der Waals surface area (Å²) >= 11 is 1.35. The molecule has 0 radical (unpaired) electrons. The third-order valence-electron chi connectivity index (χ3n) is 4.30. The van der Waals surface area contributed by atoms with Crippen molar-refractivity contribution in [1.29, 1.82) is 0 Å². The maximum Gasteiger partial charge on any atom is 0.225 e. The number of nitrogens with one attached hydrogen (secondary N) is 1. The summed E-state index contributed by atoms with van der Waals surface area (Å²) < 4.78 is 23.3. The van der Waals surface area contributed by atoms with Crippen molar-refractivity contribution < 1.29 is 13.9 Å². The Balaban J connectivity index is 1.78. The number of nitrogens with zero attached hydrogens (tertiary/aromatic N) is 1. The number of hydrogen-bond acceptors (Lipinski definition) is 4. The van der Waals surface area contributed by atoms with Crippen LogP contribution in [0.4, 0.5) is 10.1 Å². The van der Waals surface area contributed by atoms with Gasteiger partial charge in [-0.25, -0.2) is 4.39 Å². The maximum absolute atomic E-state index is 13.6. The summed E-state index contributed by atoms with van der Waals surface area (Å²) in [7, 11) is 1.61. The summed E-state index contributed by atoms with van der Waals surface area (Å²) in [5, 5.41) is 2.93. The molecule has 0 saturated carbocycles. The molecule has 0 bridgehead atoms. The molecule has 3 aromatic rings. The first-order chi connectivity index (χ1) is 12.2. The number of carbonyl (C=O) groups excluding carboxylic acids is 1. The first kappa shape index (κ1) is 15.8. The van der Waals surface area contributed by atoms with Crippen LogP contribution >= 0.6 is 11.5 Å². The summed E-state index contributed by atoms with van der Waals surface area (Å²) in [5.41, 5.74) is 3.15. The number of fused-ring (bicyclic) bond motifs is 1. The zero-order valence-corrected chi connectivity index (χ0v) is 14.3. The van der Waals surface area contributed by atoms with Crippen LogP contribution < -0.4 is 10.1 Å². The number of rotatable bonds is 3. The normalized spacial score (nSPS) is 16.2. The minimum Gasteiger partial charge on any atom is -0.497 e. The molecular formula is C19H15FN2O2S. The number of carbonyl (C=O) groups is 1. The van der Waals surface area contributed by atoms with E-state index in [0.29, 0.717) is 6.42 Å². The molecule has 1 aromatic heterocycles. The molecule has 0 saturated heterocycles. The summed E-state index contributed by atoms with van der Waals surface area (Å²) in [6.07, 6.45) is 0.292. The van der Waals surface area contributed by atoms with Gasteiger partial charge < -0.3 is 10.1 Å². The van der Waals surface area contributed by atoms with Crippen LogP contribution in [0.2, 0.25) is 0 Å². The van der Waals surface area contributed by atoms with E-state index in [1.807, 2.05) is 30.3 Å². The van der Waals surface area contributed by atoms with Crippen molar-refractivity contribution in [3.05, 3.63) is 64.8 Å². The minimum atomic E-state index is -0.301. The molecule has 2 heterocycles. The minimum absolute atomic E-state index is 0.0864. The molecular weight excluding hydrogens is 339 g/mol.